The molecule has 5 aliphatic rings. The fraction of sp³-hybridized carbons (Fsp3) is 0.569. The van der Waals surface area contributed by atoms with Gasteiger partial charge in [0.25, 0.3) is 22.2 Å². The SMILES string of the molecule is C[C@@H](O)[C@H]1O[C@@H](n2cc(F)c(=O)[nH]c2=O)C(O)(C#CCF)[C@H]1O.C[C@@H](O)[C@H]1O[C@@H](n2cnc(=O)[nH]c2=O)C(O)(C#CCF)[C@H]1O.C[C@@H](O)[C@H]1O[C@@H](n2ncc(=O)[nH]c2=O)C(O)(C#CCF)[C@H]1O.Cc1cc(=O)[nH]c(=O)n1[C@@H]1O[C@H]([C@@H](C)O)[C@H](O)C1(O)C#CCF.Cc1cc(=O)[nH]c(=O)n1[C@@H]1O[C@H]([C@H](C)O)[C@H](O)C1(O)C#CCF. The van der Waals surface area contributed by atoms with E-state index in [-0.39, 0.29) is 11.4 Å². The number of ether oxygens (including phenoxy) is 5. The van der Waals surface area contributed by atoms with Crippen molar-refractivity contribution < 1.29 is 127 Å². The maximum Gasteiger partial charge on any atom is 0.350 e. The number of aliphatic hydroxyl groups excluding tert-OH is 10. The number of rotatable bonds is 10. The molecule has 5 aromatic rings. The van der Waals surface area contributed by atoms with Crippen molar-refractivity contribution in [1.29, 1.82) is 0 Å². The molecule has 113 heavy (non-hydrogen) atoms. The van der Waals surface area contributed by atoms with Gasteiger partial charge in [-0.2, -0.15) is 19.2 Å². The second-order valence-electron chi connectivity index (χ2n) is 25.3. The van der Waals surface area contributed by atoms with Crippen molar-refractivity contribution in [3.8, 4) is 59.2 Å². The molecule has 5 unspecified atom stereocenters. The molecule has 0 saturated carbocycles. The number of nitrogens with zero attached hydrogens (tertiary/aromatic N) is 7. The Morgan fingerprint density at radius 2 is 0.717 bits per heavy atom. The van der Waals surface area contributed by atoms with Crippen LogP contribution in [0.25, 0.3) is 0 Å². The van der Waals surface area contributed by atoms with Gasteiger partial charge >= 0.3 is 34.1 Å². The first-order valence-corrected chi connectivity index (χ1v) is 32.8. The van der Waals surface area contributed by atoms with Gasteiger partial charge in [0.2, 0.25) is 11.4 Å². The van der Waals surface area contributed by atoms with Gasteiger partial charge in [-0.15, -0.1) is 0 Å². The van der Waals surface area contributed by atoms with Gasteiger partial charge in [-0.3, -0.25) is 62.4 Å². The first-order chi connectivity index (χ1) is 52.8. The van der Waals surface area contributed by atoms with Crippen molar-refractivity contribution in [3.63, 3.8) is 0 Å². The average Bonchev–Trinajstić information content (AvgIpc) is 1.65. The zero-order valence-electron chi connectivity index (χ0n) is 59.7. The van der Waals surface area contributed by atoms with Gasteiger partial charge in [-0.25, -0.2) is 50.7 Å². The lowest BCUT2D eigenvalue weighted by Gasteiger charge is -2.27. The Labute approximate surface area is 627 Å². The molecule has 5 saturated heterocycles. The Morgan fingerprint density at radius 1 is 0.425 bits per heavy atom. The van der Waals surface area contributed by atoms with Crippen molar-refractivity contribution in [2.24, 2.45) is 0 Å². The highest BCUT2D eigenvalue weighted by Crippen LogP contribution is 2.43. The average molecular weight is 1620 g/mol. The number of nitrogens with one attached hydrogen (secondary N) is 5. The normalized spacial score (nSPS) is 31.8. The van der Waals surface area contributed by atoms with Crippen molar-refractivity contribution in [1.82, 2.24) is 58.0 Å². The molecule has 20 N–H and O–H groups in total. The van der Waals surface area contributed by atoms with Crippen LogP contribution in [0.1, 0.15) is 77.1 Å². The fourth-order valence-corrected chi connectivity index (χ4v) is 11.9. The summed E-state index contributed by atoms with van der Waals surface area (Å²) in [5, 5.41) is 155. The van der Waals surface area contributed by atoms with Crippen LogP contribution in [0.15, 0.2) is 78.8 Å². The lowest BCUT2D eigenvalue weighted by Crippen LogP contribution is -2.49. The maximum atomic E-state index is 13.4. The van der Waals surface area contributed by atoms with Crippen LogP contribution in [0.5, 0.6) is 0 Å². The van der Waals surface area contributed by atoms with Crippen LogP contribution < -0.4 is 56.4 Å². The molecule has 0 aromatic carbocycles. The van der Waals surface area contributed by atoms with E-state index in [1.807, 2.05) is 55.5 Å². The third kappa shape index (κ3) is 19.4. The summed E-state index contributed by atoms with van der Waals surface area (Å²) in [5.74, 6) is 19.0. The molecular formula is C65H76F6N12O30. The van der Waals surface area contributed by atoms with Crippen LogP contribution >= 0.6 is 0 Å². The molecule has 42 nitrogen and oxygen atoms in total. The highest BCUT2D eigenvalue weighted by molar-refractivity contribution is 5.28. The summed E-state index contributed by atoms with van der Waals surface area (Å²) >= 11 is 0. The number of alkyl halides is 5. The van der Waals surface area contributed by atoms with Crippen molar-refractivity contribution >= 4 is 0 Å². The van der Waals surface area contributed by atoms with Gasteiger partial charge < -0.3 is 100 Å². The highest BCUT2D eigenvalue weighted by atomic mass is 19.1. The molecule has 0 radical (unpaired) electrons. The molecule has 25 atom stereocenters. The molecule has 10 rings (SSSR count). The van der Waals surface area contributed by atoms with Gasteiger partial charge in [-0.1, -0.05) is 59.2 Å². The van der Waals surface area contributed by atoms with E-state index in [4.69, 9.17) is 23.7 Å². The van der Waals surface area contributed by atoms with Crippen LogP contribution in [-0.4, -0.2) is 287 Å². The Hall–Kier alpha value is -10.2. The third-order valence-electron chi connectivity index (χ3n) is 17.2. The Morgan fingerprint density at radius 3 is 1.03 bits per heavy atom. The van der Waals surface area contributed by atoms with Crippen LogP contribution in [0.2, 0.25) is 0 Å². The molecule has 618 valence electrons. The highest BCUT2D eigenvalue weighted by Gasteiger charge is 2.62. The monoisotopic (exact) mass is 1620 g/mol. The van der Waals surface area contributed by atoms with Crippen LogP contribution in [0.4, 0.5) is 26.3 Å². The standard InChI is InChI=1S/2C14H17FN2O6.C13H14F2N2O6.2C12H14FN3O6/c2*1-7-6-9(19)16-13(21)17(7)12-14(22,4-3-5-15)11(20)10(23-12)8(2)18;1-6(18)8-9(19)13(22,3-2-4-14)11(23-8)17-5-7(15)10(20)16-12(17)21;1-6(17)7-8(18)12(21,3-2-4-13)9(22-7)16-5-14-10(19)15-11(16)20;1-6(17)8-9(19)12(21,3-2-4-13)10(22-8)16-11(20)15-7(18)5-14-16/h2*6,8,10-12,18,20,22H,5H2,1-2H3,(H,16,19,21);5-6,8-9,11,18-19,22H,4H2,1H3,(H,16,20,21);5-9,17-18,21H,4H2,1H3,(H,15,19,20);5-6,8-10,17,19,21H,4H2,1H3,(H,15,18,20)/t8-,10+,11-,12+,14?;8-,10-,11+,12-,14?;6-,8-,9+,11-,13?;6-,7-,8+,9-,12?;6-,8-,9+,10-,12?/m01111/s1. The number of hydrogen-bond donors (Lipinski definition) is 20. The smallest absolute Gasteiger partial charge is 0.350 e. The minimum Gasteiger partial charge on any atom is -0.391 e. The molecule has 5 aromatic heterocycles. The van der Waals surface area contributed by atoms with Gasteiger partial charge in [0.15, 0.2) is 53.5 Å². The van der Waals surface area contributed by atoms with Crippen molar-refractivity contribution in [3.05, 3.63) is 152 Å². The summed E-state index contributed by atoms with van der Waals surface area (Å²) in [4.78, 5) is 128. The van der Waals surface area contributed by atoms with E-state index in [9.17, 15) is 151 Å². The quantitative estimate of drug-likeness (QED) is 0.0456. The summed E-state index contributed by atoms with van der Waals surface area (Å²) in [7, 11) is 0. The first-order valence-electron chi connectivity index (χ1n) is 32.8. The molecule has 0 aliphatic carbocycles. The van der Waals surface area contributed by atoms with Crippen molar-refractivity contribution in [2.75, 3.05) is 33.4 Å². The van der Waals surface area contributed by atoms with Gasteiger partial charge in [0.1, 0.15) is 107 Å². The zero-order chi connectivity index (χ0) is 85.1. The summed E-state index contributed by atoms with van der Waals surface area (Å²) in [5.41, 5.74) is -20.8. The fourth-order valence-electron chi connectivity index (χ4n) is 11.9. The lowest BCUT2D eigenvalue weighted by atomic mass is 9.92. The predicted octanol–water partition coefficient (Wildman–Crippen LogP) is -11.1. The third-order valence-corrected chi connectivity index (χ3v) is 17.2. The minimum atomic E-state index is -2.50. The number of aryl methyl sites for hydroxylation is 2. The molecular weight excluding hydrogens is 1540 g/mol. The van der Waals surface area contributed by atoms with Gasteiger partial charge in [0.05, 0.1) is 36.7 Å². The summed E-state index contributed by atoms with van der Waals surface area (Å²) in [6.07, 6.45) is -27.2. The van der Waals surface area contributed by atoms with E-state index in [1.54, 1.807) is 4.98 Å². The predicted molar refractivity (Wildman–Crippen MR) is 363 cm³/mol. The van der Waals surface area contributed by atoms with E-state index in [2.05, 4.69) is 33.8 Å². The number of halogens is 6. The van der Waals surface area contributed by atoms with Crippen LogP contribution in [0, 0.1) is 78.9 Å². The zero-order valence-corrected chi connectivity index (χ0v) is 59.7. The van der Waals surface area contributed by atoms with E-state index >= 15 is 0 Å². The van der Waals surface area contributed by atoms with Gasteiger partial charge in [0, 0.05) is 23.5 Å². The number of aliphatic hydroxyl groups is 15. The molecule has 0 spiro atoms. The van der Waals surface area contributed by atoms with E-state index in [0.29, 0.717) is 20.0 Å². The second-order valence-corrected chi connectivity index (χ2v) is 25.3. The first kappa shape index (κ1) is 91.7. The summed E-state index contributed by atoms with van der Waals surface area (Å²) in [6.45, 7) is 3.80. The Balaban J connectivity index is 0.000000220. The van der Waals surface area contributed by atoms with E-state index < -0.39 is 246 Å². The maximum absolute atomic E-state index is 13.4. The Bertz CT molecular complexity index is 4950. The second kappa shape index (κ2) is 37.7. The summed E-state index contributed by atoms with van der Waals surface area (Å²) in [6, 6.07) is 2.19. The topological polar surface area (TPSA) is 650 Å². The molecule has 0 bridgehead atoms. The molecule has 48 heteroatoms. The number of aromatic amines is 5. The molecule has 5 fully saturated rings. The molecule has 10 heterocycles. The molecule has 5 aliphatic heterocycles. The van der Waals surface area contributed by atoms with E-state index in [0.717, 1.165) is 33.8 Å². The van der Waals surface area contributed by atoms with Crippen LogP contribution in [0.3, 0.4) is 0 Å². The minimum absolute atomic E-state index is 0.141. The summed E-state index contributed by atoms with van der Waals surface area (Å²) < 4.78 is 105. The van der Waals surface area contributed by atoms with Crippen LogP contribution in [-0.2, 0) is 23.7 Å². The van der Waals surface area contributed by atoms with Crippen molar-refractivity contribution in [2.45, 2.75) is 199 Å². The largest absolute Gasteiger partial charge is 0.391 e. The Kier molecular flexibility index (Phi) is 30.6. The lowest BCUT2D eigenvalue weighted by molar-refractivity contribution is -0.0947. The number of aromatic nitrogens is 12. The number of hydrogen-bond acceptors (Lipinski definition) is 32. The van der Waals surface area contributed by atoms with E-state index in [1.165, 1.54) is 48.5 Å². The molecule has 0 amide bonds. The van der Waals surface area contributed by atoms with Gasteiger partial charge in [-0.05, 0) is 48.5 Å². The number of H-pyrrole nitrogens is 5.